The second-order valence-corrected chi connectivity index (χ2v) is 1.49. The zero-order chi connectivity index (χ0) is 7.28. The van der Waals surface area contributed by atoms with Crippen LogP contribution in [0.5, 0.6) is 0 Å². The summed E-state index contributed by atoms with van der Waals surface area (Å²) in [5.74, 6) is -0.313. The molecule has 2 N–H and O–H groups in total. The van der Waals surface area contributed by atoms with Gasteiger partial charge in [-0.1, -0.05) is 0 Å². The fourth-order valence-electron chi connectivity index (χ4n) is 0.303. The van der Waals surface area contributed by atoms with Crippen molar-refractivity contribution in [1.82, 2.24) is 5.32 Å². The van der Waals surface area contributed by atoms with Crippen LogP contribution in [0.25, 0.3) is 0 Å². The summed E-state index contributed by atoms with van der Waals surface area (Å²) in [5.41, 5.74) is -0.200. The van der Waals surface area contributed by atoms with Crippen LogP contribution in [0, 0.1) is 5.41 Å². The number of amides is 1. The fraction of sp³-hybridized carbons (Fsp3) is 0.400. The Morgan fingerprint density at radius 1 is 1.78 bits per heavy atom. The van der Waals surface area contributed by atoms with Gasteiger partial charge in [-0.2, -0.15) is 0 Å². The molecule has 1 amide bonds. The molecule has 0 aliphatic heterocycles. The Balaban J connectivity index is 3.59. The first kappa shape index (κ1) is 7.81. The highest BCUT2D eigenvalue weighted by Crippen LogP contribution is 1.77. The molecule has 0 saturated heterocycles. The Labute approximate surface area is 52.8 Å². The monoisotopic (exact) mass is 128 g/mol. The molecule has 50 valence electrons. The Morgan fingerprint density at radius 3 is 2.67 bits per heavy atom. The molecule has 4 nitrogen and oxygen atoms in total. The lowest BCUT2D eigenvalue weighted by Gasteiger charge is -1.92. The van der Waals surface area contributed by atoms with Crippen molar-refractivity contribution in [3.05, 3.63) is 0 Å². The molecule has 0 unspecified atom stereocenters. The van der Waals surface area contributed by atoms with E-state index < -0.39 is 0 Å². The van der Waals surface area contributed by atoms with Crippen LogP contribution in [0.3, 0.4) is 0 Å². The van der Waals surface area contributed by atoms with Gasteiger partial charge < -0.3 is 10.7 Å². The number of carbonyl (C=O) groups excluding carboxylic acids is 2. The highest BCUT2D eigenvalue weighted by Gasteiger charge is 2.00. The van der Waals surface area contributed by atoms with Crippen molar-refractivity contribution >= 4 is 17.9 Å². The number of nitrogens with one attached hydrogen (secondary N) is 2. The summed E-state index contributed by atoms with van der Waals surface area (Å²) >= 11 is 0. The zero-order valence-electron chi connectivity index (χ0n) is 5.10. The number of hydrogen-bond acceptors (Lipinski definition) is 3. The highest BCUT2D eigenvalue weighted by atomic mass is 16.1. The van der Waals surface area contributed by atoms with Crippen molar-refractivity contribution in [3.63, 3.8) is 0 Å². The Bertz CT molecular complexity index is 142. The Hall–Kier alpha value is -1.19. The second kappa shape index (κ2) is 3.77. The summed E-state index contributed by atoms with van der Waals surface area (Å²) in [7, 11) is 1.46. The predicted molar refractivity (Wildman–Crippen MR) is 32.5 cm³/mol. The normalized spacial score (nSPS) is 8.11. The molecule has 0 fully saturated rings. The zero-order valence-corrected chi connectivity index (χ0v) is 5.10. The van der Waals surface area contributed by atoms with E-state index in [4.69, 9.17) is 5.41 Å². The van der Waals surface area contributed by atoms with Crippen molar-refractivity contribution in [2.45, 2.75) is 6.42 Å². The Kier molecular flexibility index (Phi) is 3.27. The van der Waals surface area contributed by atoms with Gasteiger partial charge >= 0.3 is 0 Å². The predicted octanol–water partition coefficient (Wildman–Crippen LogP) is -0.659. The number of rotatable bonds is 3. The summed E-state index contributed by atoms with van der Waals surface area (Å²) in [6.45, 7) is 0. The van der Waals surface area contributed by atoms with Crippen molar-refractivity contribution in [2.75, 3.05) is 7.05 Å². The van der Waals surface area contributed by atoms with Gasteiger partial charge in [0.2, 0.25) is 5.91 Å². The van der Waals surface area contributed by atoms with Gasteiger partial charge in [0.25, 0.3) is 0 Å². The van der Waals surface area contributed by atoms with Gasteiger partial charge in [-0.15, -0.1) is 0 Å². The molecule has 0 bridgehead atoms. The molecule has 4 heteroatoms. The fourth-order valence-corrected chi connectivity index (χ4v) is 0.303. The average molecular weight is 128 g/mol. The van der Waals surface area contributed by atoms with Crippen molar-refractivity contribution < 1.29 is 9.59 Å². The van der Waals surface area contributed by atoms with Crippen LogP contribution >= 0.6 is 0 Å². The molecular formula is C5H8N2O2. The van der Waals surface area contributed by atoms with Gasteiger partial charge in [0.05, 0.1) is 12.1 Å². The van der Waals surface area contributed by atoms with Crippen LogP contribution in [-0.4, -0.2) is 25.0 Å². The van der Waals surface area contributed by atoms with E-state index in [1.807, 2.05) is 0 Å². The third kappa shape index (κ3) is 3.40. The molecule has 0 aliphatic carbocycles. The lowest BCUT2D eigenvalue weighted by molar-refractivity contribution is -0.119. The van der Waals surface area contributed by atoms with Gasteiger partial charge in [0.1, 0.15) is 0 Å². The highest BCUT2D eigenvalue weighted by molar-refractivity contribution is 6.30. The van der Waals surface area contributed by atoms with E-state index in [9.17, 15) is 9.59 Å². The molecule has 9 heavy (non-hydrogen) atoms. The van der Waals surface area contributed by atoms with E-state index in [0.717, 1.165) is 0 Å². The molecule has 0 heterocycles. The molecule has 0 aliphatic rings. The van der Waals surface area contributed by atoms with Crippen LogP contribution < -0.4 is 5.32 Å². The van der Waals surface area contributed by atoms with E-state index >= 15 is 0 Å². The third-order valence-corrected chi connectivity index (χ3v) is 0.772. The minimum atomic E-state index is -0.313. The number of carbonyl (C=O) groups is 2. The lowest BCUT2D eigenvalue weighted by atomic mass is 10.3. The molecule has 0 rings (SSSR count). The van der Waals surface area contributed by atoms with Gasteiger partial charge in [0.15, 0.2) is 6.29 Å². The topological polar surface area (TPSA) is 70.0 Å². The molecule has 0 aromatic carbocycles. The summed E-state index contributed by atoms with van der Waals surface area (Å²) in [6, 6.07) is 0. The molecular weight excluding hydrogens is 120 g/mol. The van der Waals surface area contributed by atoms with Crippen molar-refractivity contribution in [2.24, 2.45) is 0 Å². The van der Waals surface area contributed by atoms with Gasteiger partial charge in [-0.05, 0) is 0 Å². The number of aldehydes is 1. The van der Waals surface area contributed by atoms with Gasteiger partial charge in [-0.3, -0.25) is 9.59 Å². The molecule has 0 aromatic rings. The van der Waals surface area contributed by atoms with Gasteiger partial charge in [0, 0.05) is 7.05 Å². The minimum Gasteiger partial charge on any atom is -0.359 e. The minimum absolute atomic E-state index is 0.125. The van der Waals surface area contributed by atoms with Crippen LogP contribution in [0.4, 0.5) is 0 Å². The molecule has 0 spiro atoms. The molecule has 0 atom stereocenters. The first-order valence-corrected chi connectivity index (χ1v) is 2.44. The molecule has 0 aromatic heterocycles. The van der Waals surface area contributed by atoms with Crippen molar-refractivity contribution in [3.8, 4) is 0 Å². The molecule has 0 saturated carbocycles. The number of hydrogen-bond donors (Lipinski definition) is 2. The van der Waals surface area contributed by atoms with E-state index in [2.05, 4.69) is 5.32 Å². The lowest BCUT2D eigenvalue weighted by Crippen LogP contribution is -2.21. The second-order valence-electron chi connectivity index (χ2n) is 1.49. The quantitative estimate of drug-likeness (QED) is 0.391. The summed E-state index contributed by atoms with van der Waals surface area (Å²) < 4.78 is 0. The summed E-state index contributed by atoms with van der Waals surface area (Å²) in [6.07, 6.45) is 0.231. The van der Waals surface area contributed by atoms with E-state index in [0.29, 0.717) is 6.29 Å². The third-order valence-electron chi connectivity index (χ3n) is 0.772. The van der Waals surface area contributed by atoms with Crippen molar-refractivity contribution in [1.29, 1.82) is 5.41 Å². The first-order chi connectivity index (χ1) is 4.20. The van der Waals surface area contributed by atoms with E-state index in [-0.39, 0.29) is 18.0 Å². The van der Waals surface area contributed by atoms with Crippen LogP contribution in [-0.2, 0) is 9.59 Å². The average Bonchev–Trinajstić information content (AvgIpc) is 1.87. The summed E-state index contributed by atoms with van der Waals surface area (Å²) in [4.78, 5) is 20.1. The van der Waals surface area contributed by atoms with E-state index in [1.54, 1.807) is 0 Å². The molecule has 0 radical (unpaired) electrons. The maximum Gasteiger partial charge on any atom is 0.225 e. The Morgan fingerprint density at radius 2 is 2.33 bits per heavy atom. The van der Waals surface area contributed by atoms with E-state index in [1.165, 1.54) is 7.05 Å². The summed E-state index contributed by atoms with van der Waals surface area (Å²) in [5, 5.41) is 9.03. The smallest absolute Gasteiger partial charge is 0.225 e. The van der Waals surface area contributed by atoms with Crippen LogP contribution in [0.2, 0.25) is 0 Å². The maximum absolute atomic E-state index is 10.4. The standard InChI is InChI=1S/C5H8N2O2/c1-7-5(9)2-4(6)3-8/h3,6H,2H2,1H3,(H,7,9). The van der Waals surface area contributed by atoms with Crippen LogP contribution in [0.15, 0.2) is 0 Å². The van der Waals surface area contributed by atoms with Gasteiger partial charge in [-0.25, -0.2) is 0 Å². The largest absolute Gasteiger partial charge is 0.359 e. The maximum atomic E-state index is 10.4. The SMILES string of the molecule is CNC(=O)CC(=N)C=O. The van der Waals surface area contributed by atoms with Crippen LogP contribution in [0.1, 0.15) is 6.42 Å². The first-order valence-electron chi connectivity index (χ1n) is 2.44.